The number of thiophene rings is 1. The van der Waals surface area contributed by atoms with Crippen LogP contribution in [0, 0.1) is 0 Å². The lowest BCUT2D eigenvalue weighted by Gasteiger charge is -2.13. The van der Waals surface area contributed by atoms with Crippen LogP contribution in [0.4, 0.5) is 0 Å². The van der Waals surface area contributed by atoms with Crippen LogP contribution in [-0.4, -0.2) is 27.1 Å². The highest BCUT2D eigenvalue weighted by Crippen LogP contribution is 2.39. The summed E-state index contributed by atoms with van der Waals surface area (Å²) in [5.41, 5.74) is 0.421. The number of ether oxygens (including phenoxy) is 3. The summed E-state index contributed by atoms with van der Waals surface area (Å²) in [6.45, 7) is 0. The molecule has 7 heteroatoms. The van der Waals surface area contributed by atoms with E-state index in [0.29, 0.717) is 27.7 Å². The van der Waals surface area contributed by atoms with Crippen molar-refractivity contribution in [1.82, 2.24) is 0 Å². The van der Waals surface area contributed by atoms with Gasteiger partial charge in [0, 0.05) is 15.9 Å². The molecular weight excluding hydrogens is 424 g/mol. The maximum Gasteiger partial charge on any atom is 0.208 e. The molecule has 0 fully saturated rings. The van der Waals surface area contributed by atoms with Crippen LogP contribution in [0.1, 0.15) is 15.2 Å². The molecule has 0 bridgehead atoms. The minimum atomic E-state index is -0.143. The molecule has 0 radical (unpaired) electrons. The summed E-state index contributed by atoms with van der Waals surface area (Å²) >= 11 is 8.13. The second-order valence-corrected chi connectivity index (χ2v) is 6.49. The Kier molecular flexibility index (Phi) is 5.29. The first-order valence-electron chi connectivity index (χ1n) is 5.80. The third-order valence-corrected chi connectivity index (χ3v) is 6.37. The standard InChI is InChI=1S/C14H12Br2O4S/c1-18-9-5-11(20-3)10(19-2)4-7(9)13(17)14-12(16)8(15)6-21-14/h4-6H,1-3H3. The summed E-state index contributed by atoms with van der Waals surface area (Å²) in [7, 11) is 4.57. The molecule has 4 nitrogen and oxygen atoms in total. The molecule has 0 aliphatic heterocycles. The van der Waals surface area contributed by atoms with Crippen molar-refractivity contribution in [3.63, 3.8) is 0 Å². The quantitative estimate of drug-likeness (QED) is 0.647. The van der Waals surface area contributed by atoms with E-state index in [9.17, 15) is 4.79 Å². The molecule has 1 aromatic heterocycles. The van der Waals surface area contributed by atoms with E-state index in [1.54, 1.807) is 12.1 Å². The normalized spacial score (nSPS) is 10.3. The number of hydrogen-bond donors (Lipinski definition) is 0. The van der Waals surface area contributed by atoms with Crippen LogP contribution in [0.5, 0.6) is 17.2 Å². The van der Waals surface area contributed by atoms with Crippen molar-refractivity contribution in [2.75, 3.05) is 21.3 Å². The van der Waals surface area contributed by atoms with E-state index in [1.807, 2.05) is 5.38 Å². The zero-order chi connectivity index (χ0) is 15.6. The number of carbonyl (C=O) groups excluding carboxylic acids is 1. The van der Waals surface area contributed by atoms with Crippen molar-refractivity contribution in [3.8, 4) is 17.2 Å². The molecule has 0 saturated carbocycles. The van der Waals surface area contributed by atoms with Crippen LogP contribution >= 0.6 is 43.2 Å². The fraction of sp³-hybridized carbons (Fsp3) is 0.214. The molecule has 2 rings (SSSR count). The minimum absolute atomic E-state index is 0.143. The molecule has 0 saturated heterocycles. The summed E-state index contributed by atoms with van der Waals surface area (Å²) in [5.74, 6) is 1.29. The average molecular weight is 436 g/mol. The average Bonchev–Trinajstić information content (AvgIpc) is 2.84. The number of methoxy groups -OCH3 is 3. The van der Waals surface area contributed by atoms with Crippen LogP contribution < -0.4 is 14.2 Å². The SMILES string of the molecule is COc1cc(OC)c(C(=O)c2scc(Br)c2Br)cc1OC. The van der Waals surface area contributed by atoms with Crippen LogP contribution in [0.25, 0.3) is 0 Å². The number of halogens is 2. The topological polar surface area (TPSA) is 44.8 Å². The van der Waals surface area contributed by atoms with Gasteiger partial charge in [-0.15, -0.1) is 11.3 Å². The Morgan fingerprint density at radius 2 is 1.57 bits per heavy atom. The predicted octanol–water partition coefficient (Wildman–Crippen LogP) is 4.53. The highest BCUT2D eigenvalue weighted by atomic mass is 79.9. The third kappa shape index (κ3) is 3.09. The molecule has 1 aromatic carbocycles. The molecule has 0 spiro atoms. The number of ketones is 1. The van der Waals surface area contributed by atoms with Crippen LogP contribution in [-0.2, 0) is 0 Å². The van der Waals surface area contributed by atoms with Crippen molar-refractivity contribution in [3.05, 3.63) is 36.9 Å². The maximum atomic E-state index is 12.7. The van der Waals surface area contributed by atoms with Gasteiger partial charge in [-0.25, -0.2) is 0 Å². The van der Waals surface area contributed by atoms with Gasteiger partial charge in [0.15, 0.2) is 11.5 Å². The Labute approximate surface area is 143 Å². The molecule has 0 aliphatic rings. The lowest BCUT2D eigenvalue weighted by molar-refractivity contribution is 0.103. The van der Waals surface area contributed by atoms with Gasteiger partial charge in [0.05, 0.1) is 36.2 Å². The number of rotatable bonds is 5. The van der Waals surface area contributed by atoms with E-state index in [4.69, 9.17) is 14.2 Å². The first kappa shape index (κ1) is 16.3. The van der Waals surface area contributed by atoms with Crippen LogP contribution in [0.15, 0.2) is 26.5 Å². The maximum absolute atomic E-state index is 12.7. The molecule has 0 unspecified atom stereocenters. The van der Waals surface area contributed by atoms with Gasteiger partial charge in [-0.1, -0.05) is 0 Å². The molecule has 2 aromatic rings. The molecule has 0 amide bonds. The van der Waals surface area contributed by atoms with Gasteiger partial charge in [-0.05, 0) is 37.9 Å². The summed E-state index contributed by atoms with van der Waals surface area (Å²) in [6, 6.07) is 3.27. The zero-order valence-electron chi connectivity index (χ0n) is 11.5. The first-order chi connectivity index (χ1) is 10.0. The van der Waals surface area contributed by atoms with Gasteiger partial charge in [-0.3, -0.25) is 4.79 Å². The second kappa shape index (κ2) is 6.81. The molecular formula is C14H12Br2O4S. The Morgan fingerprint density at radius 1 is 1.00 bits per heavy atom. The van der Waals surface area contributed by atoms with Crippen molar-refractivity contribution in [2.24, 2.45) is 0 Å². The van der Waals surface area contributed by atoms with Crippen molar-refractivity contribution < 1.29 is 19.0 Å². The first-order valence-corrected chi connectivity index (χ1v) is 8.27. The Balaban J connectivity index is 2.57. The third-order valence-electron chi connectivity index (χ3n) is 2.85. The Bertz CT molecular complexity index is 682. The number of hydrogen-bond acceptors (Lipinski definition) is 5. The largest absolute Gasteiger partial charge is 0.496 e. The van der Waals surface area contributed by atoms with Gasteiger partial charge in [-0.2, -0.15) is 0 Å². The Hall–Kier alpha value is -1.05. The highest BCUT2D eigenvalue weighted by molar-refractivity contribution is 9.13. The number of carbonyl (C=O) groups is 1. The van der Waals surface area contributed by atoms with Crippen LogP contribution in [0.2, 0.25) is 0 Å². The van der Waals surface area contributed by atoms with E-state index in [-0.39, 0.29) is 5.78 Å². The fourth-order valence-corrected chi connectivity index (χ4v) is 3.91. The molecule has 0 N–H and O–H groups in total. The molecule has 112 valence electrons. The predicted molar refractivity (Wildman–Crippen MR) is 89.2 cm³/mol. The van der Waals surface area contributed by atoms with Gasteiger partial charge in [0.25, 0.3) is 0 Å². The molecule has 21 heavy (non-hydrogen) atoms. The van der Waals surface area contributed by atoms with E-state index in [1.165, 1.54) is 32.7 Å². The summed E-state index contributed by atoms with van der Waals surface area (Å²) in [6.07, 6.45) is 0. The van der Waals surface area contributed by atoms with Crippen LogP contribution in [0.3, 0.4) is 0 Å². The minimum Gasteiger partial charge on any atom is -0.496 e. The smallest absolute Gasteiger partial charge is 0.208 e. The van der Waals surface area contributed by atoms with Crippen molar-refractivity contribution in [2.45, 2.75) is 0 Å². The summed E-state index contributed by atoms with van der Waals surface area (Å²) in [4.78, 5) is 13.3. The van der Waals surface area contributed by atoms with Crippen molar-refractivity contribution in [1.29, 1.82) is 0 Å². The van der Waals surface area contributed by atoms with Crippen molar-refractivity contribution >= 4 is 49.0 Å². The highest BCUT2D eigenvalue weighted by Gasteiger charge is 2.22. The van der Waals surface area contributed by atoms with Gasteiger partial charge < -0.3 is 14.2 Å². The summed E-state index contributed by atoms with van der Waals surface area (Å²) in [5, 5.41) is 1.85. The van der Waals surface area contributed by atoms with E-state index in [2.05, 4.69) is 31.9 Å². The summed E-state index contributed by atoms with van der Waals surface area (Å²) < 4.78 is 17.3. The monoisotopic (exact) mass is 434 g/mol. The lowest BCUT2D eigenvalue weighted by atomic mass is 10.1. The van der Waals surface area contributed by atoms with Gasteiger partial charge in [0.2, 0.25) is 5.78 Å². The van der Waals surface area contributed by atoms with E-state index in [0.717, 1.165) is 8.95 Å². The lowest BCUT2D eigenvalue weighted by Crippen LogP contribution is -2.04. The van der Waals surface area contributed by atoms with E-state index >= 15 is 0 Å². The van der Waals surface area contributed by atoms with Gasteiger partial charge >= 0.3 is 0 Å². The number of benzene rings is 1. The second-order valence-electron chi connectivity index (χ2n) is 3.96. The molecule has 0 atom stereocenters. The molecule has 1 heterocycles. The van der Waals surface area contributed by atoms with E-state index < -0.39 is 0 Å². The fourth-order valence-electron chi connectivity index (χ4n) is 1.80. The zero-order valence-corrected chi connectivity index (χ0v) is 15.5. The molecule has 0 aliphatic carbocycles. The Morgan fingerprint density at radius 3 is 2.05 bits per heavy atom. The van der Waals surface area contributed by atoms with Gasteiger partial charge in [0.1, 0.15) is 5.75 Å².